The van der Waals surface area contributed by atoms with Gasteiger partial charge in [-0.1, -0.05) is 17.7 Å². The van der Waals surface area contributed by atoms with Gasteiger partial charge in [0.1, 0.15) is 11.6 Å². The van der Waals surface area contributed by atoms with Crippen molar-refractivity contribution in [1.82, 2.24) is 20.2 Å². The molecule has 1 aromatic carbocycles. The van der Waals surface area contributed by atoms with Gasteiger partial charge in [0, 0.05) is 14.1 Å². The van der Waals surface area contributed by atoms with Crippen molar-refractivity contribution in [3.8, 4) is 0 Å². The summed E-state index contributed by atoms with van der Waals surface area (Å²) in [5, 5.41) is 7.13. The van der Waals surface area contributed by atoms with Crippen LogP contribution in [-0.4, -0.2) is 22.6 Å². The fourth-order valence-corrected chi connectivity index (χ4v) is 2.69. The van der Waals surface area contributed by atoms with E-state index < -0.39 is 0 Å². The third kappa shape index (κ3) is 4.02. The minimum absolute atomic E-state index is 0. The Bertz CT molecular complexity index is 828. The predicted molar refractivity (Wildman–Crippen MR) is 107 cm³/mol. The summed E-state index contributed by atoms with van der Waals surface area (Å²) in [5.74, 6) is 2.41. The first-order chi connectivity index (χ1) is 11.2. The summed E-state index contributed by atoms with van der Waals surface area (Å²) in [6.45, 7) is 1.11. The van der Waals surface area contributed by atoms with E-state index in [2.05, 4.69) is 20.6 Å². The van der Waals surface area contributed by atoms with Crippen molar-refractivity contribution < 1.29 is 4.42 Å². The van der Waals surface area contributed by atoms with Gasteiger partial charge in [0.15, 0.2) is 5.96 Å². The molecule has 0 unspecified atom stereocenters. The highest BCUT2D eigenvalue weighted by Gasteiger charge is 2.10. The molecule has 6 nitrogen and oxygen atoms in total. The van der Waals surface area contributed by atoms with Crippen LogP contribution < -0.4 is 10.6 Å². The number of halogens is 2. The summed E-state index contributed by atoms with van der Waals surface area (Å²) in [7, 11) is 3.68. The second-order valence-corrected chi connectivity index (χ2v) is 5.46. The summed E-state index contributed by atoms with van der Waals surface area (Å²) in [4.78, 5) is 8.80. The molecule has 2 aromatic heterocycles. The number of guanidine groups is 1. The Balaban J connectivity index is 0.00000208. The van der Waals surface area contributed by atoms with Crippen LogP contribution in [0.5, 0.6) is 0 Å². The maximum atomic E-state index is 6.24. The molecule has 0 saturated heterocycles. The van der Waals surface area contributed by atoms with Crippen LogP contribution >= 0.6 is 35.6 Å². The Kier molecular flexibility index (Phi) is 6.50. The van der Waals surface area contributed by atoms with E-state index in [4.69, 9.17) is 16.0 Å². The molecule has 8 heteroatoms. The first-order valence-corrected chi connectivity index (χ1v) is 7.63. The van der Waals surface area contributed by atoms with Gasteiger partial charge in [-0.2, -0.15) is 0 Å². The van der Waals surface area contributed by atoms with Crippen LogP contribution in [0.4, 0.5) is 0 Å². The molecule has 0 spiro atoms. The van der Waals surface area contributed by atoms with Gasteiger partial charge in [-0.3, -0.25) is 4.99 Å². The SMILES string of the molecule is CN=C(NCc1ccco1)NCc1nc2cccc(Cl)c2n1C.I. The van der Waals surface area contributed by atoms with Gasteiger partial charge in [-0.15, -0.1) is 24.0 Å². The predicted octanol–water partition coefficient (Wildman–Crippen LogP) is 3.30. The molecule has 0 aliphatic heterocycles. The molecule has 3 aromatic rings. The van der Waals surface area contributed by atoms with Crippen molar-refractivity contribution in [3.63, 3.8) is 0 Å². The fraction of sp³-hybridized carbons (Fsp3) is 0.250. The van der Waals surface area contributed by atoms with Gasteiger partial charge in [0.2, 0.25) is 0 Å². The number of aliphatic imine (C=N–C) groups is 1. The summed E-state index contributed by atoms with van der Waals surface area (Å²) >= 11 is 6.24. The Morgan fingerprint density at radius 2 is 2.04 bits per heavy atom. The Morgan fingerprint density at radius 3 is 2.71 bits per heavy atom. The third-order valence-electron chi connectivity index (χ3n) is 3.59. The van der Waals surface area contributed by atoms with Gasteiger partial charge >= 0.3 is 0 Å². The van der Waals surface area contributed by atoms with Crippen LogP contribution in [-0.2, 0) is 20.1 Å². The third-order valence-corrected chi connectivity index (χ3v) is 3.89. The molecular weight excluding hydrogens is 441 g/mol. The van der Waals surface area contributed by atoms with Crippen molar-refractivity contribution in [1.29, 1.82) is 0 Å². The van der Waals surface area contributed by atoms with Crippen LogP contribution in [0, 0.1) is 0 Å². The van der Waals surface area contributed by atoms with Crippen LogP contribution in [0.2, 0.25) is 5.02 Å². The zero-order valence-corrected chi connectivity index (χ0v) is 16.5. The molecule has 2 heterocycles. The van der Waals surface area contributed by atoms with Crippen LogP contribution in [0.3, 0.4) is 0 Å². The number of aromatic nitrogens is 2. The number of fused-ring (bicyclic) bond motifs is 1. The normalized spacial score (nSPS) is 11.4. The summed E-state index contributed by atoms with van der Waals surface area (Å²) in [5.41, 5.74) is 1.82. The van der Waals surface area contributed by atoms with Crippen molar-refractivity contribution in [3.05, 3.63) is 53.2 Å². The monoisotopic (exact) mass is 459 g/mol. The van der Waals surface area contributed by atoms with E-state index in [-0.39, 0.29) is 24.0 Å². The quantitative estimate of drug-likeness (QED) is 0.357. The van der Waals surface area contributed by atoms with Crippen LogP contribution in [0.15, 0.2) is 46.0 Å². The zero-order valence-electron chi connectivity index (χ0n) is 13.4. The molecule has 128 valence electrons. The van der Waals surface area contributed by atoms with E-state index in [0.29, 0.717) is 24.1 Å². The molecular formula is C16H19ClIN5O. The standard InChI is InChI=1S/C16H18ClN5O.HI/c1-18-16(19-9-11-5-4-8-23-11)20-10-14-21-13-7-3-6-12(17)15(13)22(14)2;/h3-8H,9-10H2,1-2H3,(H2,18,19,20);1H. The zero-order chi connectivity index (χ0) is 16.2. The summed E-state index contributed by atoms with van der Waals surface area (Å²) in [6, 6.07) is 9.49. The lowest BCUT2D eigenvalue weighted by Crippen LogP contribution is -2.36. The minimum atomic E-state index is 0. The Labute approximate surface area is 162 Å². The first kappa shape index (κ1) is 18.6. The average molecular weight is 460 g/mol. The lowest BCUT2D eigenvalue weighted by molar-refractivity contribution is 0.501. The molecule has 0 aliphatic carbocycles. The summed E-state index contributed by atoms with van der Waals surface area (Å²) < 4.78 is 7.28. The first-order valence-electron chi connectivity index (χ1n) is 7.25. The number of imidazole rings is 1. The van der Waals surface area contributed by atoms with Gasteiger partial charge in [0.05, 0.1) is 35.4 Å². The number of hydrogen-bond donors (Lipinski definition) is 2. The van der Waals surface area contributed by atoms with Gasteiger partial charge < -0.3 is 19.6 Å². The van der Waals surface area contributed by atoms with Crippen molar-refractivity contribution in [2.75, 3.05) is 7.05 Å². The molecule has 0 radical (unpaired) electrons. The number of para-hydroxylation sites is 1. The average Bonchev–Trinajstić information content (AvgIpc) is 3.17. The molecule has 0 aliphatic rings. The van der Waals surface area contributed by atoms with E-state index >= 15 is 0 Å². The number of nitrogens with zero attached hydrogens (tertiary/aromatic N) is 3. The number of rotatable bonds is 4. The number of nitrogens with one attached hydrogen (secondary N) is 2. The highest BCUT2D eigenvalue weighted by atomic mass is 127. The lowest BCUT2D eigenvalue weighted by atomic mass is 10.3. The Morgan fingerprint density at radius 1 is 1.25 bits per heavy atom. The molecule has 0 atom stereocenters. The Hall–Kier alpha value is -1.74. The number of benzene rings is 1. The van der Waals surface area contributed by atoms with Crippen molar-refractivity contribution >= 4 is 52.6 Å². The number of aryl methyl sites for hydroxylation is 1. The molecule has 2 N–H and O–H groups in total. The van der Waals surface area contributed by atoms with E-state index in [1.165, 1.54) is 0 Å². The molecule has 0 bridgehead atoms. The summed E-state index contributed by atoms with van der Waals surface area (Å²) in [6.07, 6.45) is 1.65. The largest absolute Gasteiger partial charge is 0.467 e. The van der Waals surface area contributed by atoms with Gasteiger partial charge in [0.25, 0.3) is 0 Å². The molecule has 0 amide bonds. The van der Waals surface area contributed by atoms with E-state index in [1.807, 2.05) is 41.9 Å². The van der Waals surface area contributed by atoms with Crippen LogP contribution in [0.25, 0.3) is 11.0 Å². The van der Waals surface area contributed by atoms with Crippen LogP contribution in [0.1, 0.15) is 11.6 Å². The van der Waals surface area contributed by atoms with E-state index in [0.717, 1.165) is 22.6 Å². The molecule has 0 fully saturated rings. The maximum Gasteiger partial charge on any atom is 0.191 e. The minimum Gasteiger partial charge on any atom is -0.467 e. The molecule has 0 saturated carbocycles. The smallest absolute Gasteiger partial charge is 0.191 e. The highest BCUT2D eigenvalue weighted by Crippen LogP contribution is 2.23. The van der Waals surface area contributed by atoms with Gasteiger partial charge in [-0.25, -0.2) is 4.98 Å². The fourth-order valence-electron chi connectivity index (χ4n) is 2.39. The molecule has 24 heavy (non-hydrogen) atoms. The van der Waals surface area contributed by atoms with E-state index in [1.54, 1.807) is 13.3 Å². The van der Waals surface area contributed by atoms with Crippen molar-refractivity contribution in [2.45, 2.75) is 13.1 Å². The number of hydrogen-bond acceptors (Lipinski definition) is 3. The molecule has 3 rings (SSSR count). The lowest BCUT2D eigenvalue weighted by Gasteiger charge is -2.11. The second-order valence-electron chi connectivity index (χ2n) is 5.05. The van der Waals surface area contributed by atoms with E-state index in [9.17, 15) is 0 Å². The topological polar surface area (TPSA) is 67.4 Å². The van der Waals surface area contributed by atoms with Gasteiger partial charge in [-0.05, 0) is 24.3 Å². The highest BCUT2D eigenvalue weighted by molar-refractivity contribution is 14.0. The van der Waals surface area contributed by atoms with Crippen molar-refractivity contribution in [2.24, 2.45) is 12.0 Å². The number of furan rings is 1. The second kappa shape index (κ2) is 8.39. The maximum absolute atomic E-state index is 6.24.